The van der Waals surface area contributed by atoms with Gasteiger partial charge in [-0.05, 0) is 6.07 Å². The summed E-state index contributed by atoms with van der Waals surface area (Å²) in [5.74, 6) is 1.90. The first-order valence-electron chi connectivity index (χ1n) is 8.42. The molecule has 0 aliphatic carbocycles. The lowest BCUT2D eigenvalue weighted by molar-refractivity contribution is -0.118. The Balaban J connectivity index is 1.50. The summed E-state index contributed by atoms with van der Waals surface area (Å²) >= 11 is 1.40. The second-order valence-electron chi connectivity index (χ2n) is 5.69. The van der Waals surface area contributed by atoms with Crippen LogP contribution in [0.1, 0.15) is 5.56 Å². The van der Waals surface area contributed by atoms with Gasteiger partial charge in [0.05, 0.1) is 26.1 Å². The van der Waals surface area contributed by atoms with Crippen LogP contribution in [0.4, 0.5) is 5.82 Å². The Morgan fingerprint density at radius 3 is 2.92 bits per heavy atom. The van der Waals surface area contributed by atoms with Crippen LogP contribution in [0, 0.1) is 0 Å². The first-order chi connectivity index (χ1) is 12.8. The number of amides is 1. The Hall–Kier alpha value is -2.32. The predicted molar refractivity (Wildman–Crippen MR) is 101 cm³/mol. The van der Waals surface area contributed by atoms with Crippen LogP contribution in [0.2, 0.25) is 0 Å². The molecule has 1 N–H and O–H groups in total. The van der Waals surface area contributed by atoms with Gasteiger partial charge in [-0.25, -0.2) is 9.97 Å². The summed E-state index contributed by atoms with van der Waals surface area (Å²) in [5.41, 5.74) is 0.949. The minimum absolute atomic E-state index is 0.0487. The van der Waals surface area contributed by atoms with Crippen molar-refractivity contribution < 1.29 is 14.3 Å². The van der Waals surface area contributed by atoms with Crippen molar-refractivity contribution in [2.45, 2.75) is 11.6 Å². The number of nitrogens with one attached hydrogen (secondary N) is 1. The summed E-state index contributed by atoms with van der Waals surface area (Å²) in [7, 11) is 1.62. The van der Waals surface area contributed by atoms with Gasteiger partial charge < -0.3 is 19.7 Å². The van der Waals surface area contributed by atoms with Crippen molar-refractivity contribution in [3.63, 3.8) is 0 Å². The van der Waals surface area contributed by atoms with Crippen LogP contribution in [0.15, 0.2) is 41.7 Å². The van der Waals surface area contributed by atoms with Gasteiger partial charge >= 0.3 is 0 Å². The monoisotopic (exact) mass is 374 g/mol. The zero-order valence-electron chi connectivity index (χ0n) is 14.7. The van der Waals surface area contributed by atoms with Crippen molar-refractivity contribution in [3.8, 4) is 5.75 Å². The van der Waals surface area contributed by atoms with Crippen LogP contribution >= 0.6 is 11.8 Å². The van der Waals surface area contributed by atoms with Gasteiger partial charge in [-0.3, -0.25) is 4.79 Å². The maximum Gasteiger partial charge on any atom is 0.230 e. The van der Waals surface area contributed by atoms with Gasteiger partial charge in [-0.2, -0.15) is 0 Å². The lowest BCUT2D eigenvalue weighted by Crippen LogP contribution is -2.36. The first kappa shape index (κ1) is 18.5. The van der Waals surface area contributed by atoms with Gasteiger partial charge in [-0.1, -0.05) is 30.0 Å². The first-order valence-corrected chi connectivity index (χ1v) is 9.41. The average Bonchev–Trinajstić information content (AvgIpc) is 2.71. The second kappa shape index (κ2) is 9.40. The van der Waals surface area contributed by atoms with Gasteiger partial charge in [0.15, 0.2) is 0 Å². The number of nitrogens with zero attached hydrogens (tertiary/aromatic N) is 3. The van der Waals surface area contributed by atoms with Gasteiger partial charge in [0, 0.05) is 31.3 Å². The summed E-state index contributed by atoms with van der Waals surface area (Å²) in [5, 5.41) is 3.70. The van der Waals surface area contributed by atoms with Crippen LogP contribution in [0.3, 0.4) is 0 Å². The predicted octanol–water partition coefficient (Wildman–Crippen LogP) is 1.73. The SMILES string of the molecule is COc1ccccc1CNC(=O)CSc1cc(N2CCOCC2)ncn1. The van der Waals surface area contributed by atoms with E-state index >= 15 is 0 Å². The Bertz CT molecular complexity index is 738. The molecule has 1 saturated heterocycles. The molecule has 0 bridgehead atoms. The number of thioether (sulfide) groups is 1. The normalized spacial score (nSPS) is 14.1. The van der Waals surface area contributed by atoms with E-state index in [0.29, 0.717) is 25.5 Å². The van der Waals surface area contributed by atoms with E-state index in [2.05, 4.69) is 20.2 Å². The molecular weight excluding hydrogens is 352 g/mol. The van der Waals surface area contributed by atoms with Crippen molar-refractivity contribution in [1.29, 1.82) is 0 Å². The third kappa shape index (κ3) is 5.09. The number of hydrogen-bond acceptors (Lipinski definition) is 7. The molecule has 0 atom stereocenters. The fourth-order valence-electron chi connectivity index (χ4n) is 2.61. The molecule has 1 aliphatic rings. The molecule has 1 amide bonds. The van der Waals surface area contributed by atoms with E-state index in [-0.39, 0.29) is 5.91 Å². The molecule has 2 aromatic rings. The molecule has 8 heteroatoms. The average molecular weight is 374 g/mol. The van der Waals surface area contributed by atoms with Crippen molar-refractivity contribution >= 4 is 23.5 Å². The minimum Gasteiger partial charge on any atom is -0.496 e. The standard InChI is InChI=1S/C18H22N4O3S/c1-24-15-5-3-2-4-14(15)11-19-17(23)12-26-18-10-16(20-13-21-18)22-6-8-25-9-7-22/h2-5,10,13H,6-9,11-12H2,1H3,(H,19,23). The molecule has 0 unspecified atom stereocenters. The molecule has 138 valence electrons. The zero-order valence-corrected chi connectivity index (χ0v) is 15.5. The van der Waals surface area contributed by atoms with E-state index in [1.54, 1.807) is 13.4 Å². The van der Waals surface area contributed by atoms with Crippen LogP contribution in [-0.4, -0.2) is 55.0 Å². The summed E-state index contributed by atoms with van der Waals surface area (Å²) in [6, 6.07) is 9.56. The van der Waals surface area contributed by atoms with Crippen molar-refractivity contribution in [2.24, 2.45) is 0 Å². The zero-order chi connectivity index (χ0) is 18.2. The van der Waals surface area contributed by atoms with Gasteiger partial charge in [0.2, 0.25) is 5.91 Å². The largest absolute Gasteiger partial charge is 0.496 e. The third-order valence-corrected chi connectivity index (χ3v) is 4.91. The molecular formula is C18H22N4O3S. The van der Waals surface area contributed by atoms with Crippen LogP contribution < -0.4 is 15.0 Å². The highest BCUT2D eigenvalue weighted by molar-refractivity contribution is 7.99. The van der Waals surface area contributed by atoms with Crippen LogP contribution in [0.5, 0.6) is 5.75 Å². The molecule has 0 radical (unpaired) electrons. The summed E-state index contributed by atoms with van der Waals surface area (Å²) in [6.07, 6.45) is 1.54. The third-order valence-electron chi connectivity index (χ3n) is 3.98. The van der Waals surface area contributed by atoms with E-state index in [4.69, 9.17) is 9.47 Å². The highest BCUT2D eigenvalue weighted by atomic mass is 32.2. The number of para-hydroxylation sites is 1. The quantitative estimate of drug-likeness (QED) is 0.584. The molecule has 1 aliphatic heterocycles. The molecule has 0 spiro atoms. The lowest BCUT2D eigenvalue weighted by Gasteiger charge is -2.27. The minimum atomic E-state index is -0.0487. The molecule has 1 aromatic heterocycles. The number of methoxy groups -OCH3 is 1. The summed E-state index contributed by atoms with van der Waals surface area (Å²) in [4.78, 5) is 22.9. The Morgan fingerprint density at radius 2 is 2.12 bits per heavy atom. The van der Waals surface area contributed by atoms with E-state index < -0.39 is 0 Å². The van der Waals surface area contributed by atoms with Gasteiger partial charge in [0.25, 0.3) is 0 Å². The summed E-state index contributed by atoms with van der Waals surface area (Å²) < 4.78 is 10.6. The van der Waals surface area contributed by atoms with E-state index in [9.17, 15) is 4.79 Å². The number of carbonyl (C=O) groups is 1. The summed E-state index contributed by atoms with van der Waals surface area (Å²) in [6.45, 7) is 3.49. The highest BCUT2D eigenvalue weighted by Crippen LogP contribution is 2.20. The smallest absolute Gasteiger partial charge is 0.230 e. The fraction of sp³-hybridized carbons (Fsp3) is 0.389. The molecule has 3 rings (SSSR count). The molecule has 26 heavy (non-hydrogen) atoms. The topological polar surface area (TPSA) is 76.6 Å². The molecule has 2 heterocycles. The Morgan fingerprint density at radius 1 is 1.31 bits per heavy atom. The lowest BCUT2D eigenvalue weighted by atomic mass is 10.2. The number of benzene rings is 1. The number of ether oxygens (including phenoxy) is 2. The van der Waals surface area contributed by atoms with Gasteiger partial charge in [0.1, 0.15) is 22.9 Å². The number of hydrogen-bond donors (Lipinski definition) is 1. The van der Waals surface area contributed by atoms with Crippen molar-refractivity contribution in [2.75, 3.05) is 44.1 Å². The maximum absolute atomic E-state index is 12.1. The van der Waals surface area contributed by atoms with Crippen LogP contribution in [0.25, 0.3) is 0 Å². The molecule has 7 nitrogen and oxygen atoms in total. The maximum atomic E-state index is 12.1. The van der Waals surface area contributed by atoms with E-state index in [0.717, 1.165) is 35.2 Å². The van der Waals surface area contributed by atoms with E-state index in [1.165, 1.54) is 11.8 Å². The number of carbonyl (C=O) groups excluding carboxylic acids is 1. The highest BCUT2D eigenvalue weighted by Gasteiger charge is 2.13. The van der Waals surface area contributed by atoms with Crippen LogP contribution in [-0.2, 0) is 16.1 Å². The fourth-order valence-corrected chi connectivity index (χ4v) is 3.30. The van der Waals surface area contributed by atoms with Gasteiger partial charge in [-0.15, -0.1) is 0 Å². The number of rotatable bonds is 7. The molecule has 0 saturated carbocycles. The number of morpholine rings is 1. The van der Waals surface area contributed by atoms with Crippen molar-refractivity contribution in [3.05, 3.63) is 42.2 Å². The molecule has 1 fully saturated rings. The Kier molecular flexibility index (Phi) is 6.68. The second-order valence-corrected chi connectivity index (χ2v) is 6.69. The van der Waals surface area contributed by atoms with E-state index in [1.807, 2.05) is 30.3 Å². The number of aromatic nitrogens is 2. The van der Waals surface area contributed by atoms with Crippen molar-refractivity contribution in [1.82, 2.24) is 15.3 Å². The molecule has 1 aromatic carbocycles. The Labute approximate surface area is 157 Å². The number of anilines is 1.